The van der Waals surface area contributed by atoms with Crippen LogP contribution in [0.2, 0.25) is 10.0 Å². The van der Waals surface area contributed by atoms with Crippen molar-refractivity contribution in [2.24, 2.45) is 0 Å². The zero-order valence-electron chi connectivity index (χ0n) is 18.6. The van der Waals surface area contributed by atoms with E-state index in [2.05, 4.69) is 15.9 Å². The van der Waals surface area contributed by atoms with Gasteiger partial charge >= 0.3 is 0 Å². The van der Waals surface area contributed by atoms with E-state index in [1.165, 1.54) is 4.90 Å². The van der Waals surface area contributed by atoms with Crippen LogP contribution in [-0.4, -0.2) is 22.7 Å². The number of carbonyl (C=O) groups is 2. The van der Waals surface area contributed by atoms with Crippen molar-refractivity contribution in [1.82, 2.24) is 4.90 Å². The molecule has 0 radical (unpaired) electrons. The number of thioether (sulfide) groups is 1. The summed E-state index contributed by atoms with van der Waals surface area (Å²) in [6.45, 7) is 2.80. The summed E-state index contributed by atoms with van der Waals surface area (Å²) in [6, 6.07) is 18.2. The number of carbonyl (C=O) groups excluding carboxylic acids is 2. The minimum atomic E-state index is -0.325. The van der Waals surface area contributed by atoms with Crippen molar-refractivity contribution in [2.75, 3.05) is 6.61 Å². The highest BCUT2D eigenvalue weighted by Gasteiger charge is 2.35. The van der Waals surface area contributed by atoms with Crippen molar-refractivity contribution in [1.29, 1.82) is 0 Å². The summed E-state index contributed by atoms with van der Waals surface area (Å²) >= 11 is 16.5. The van der Waals surface area contributed by atoms with E-state index < -0.39 is 0 Å². The largest absolute Gasteiger partial charge is 0.490 e. The number of benzene rings is 3. The zero-order valence-corrected chi connectivity index (χ0v) is 22.5. The molecule has 2 amide bonds. The molecule has 0 aliphatic carbocycles. The fraction of sp³-hybridized carbons (Fsp3) is 0.154. The summed E-state index contributed by atoms with van der Waals surface area (Å²) < 4.78 is 12.5. The van der Waals surface area contributed by atoms with E-state index in [1.807, 2.05) is 43.3 Å². The third-order valence-electron chi connectivity index (χ3n) is 5.10. The van der Waals surface area contributed by atoms with Gasteiger partial charge in [-0.3, -0.25) is 14.5 Å². The standard InChI is InChI=1S/C26H20BrCl2NO4S/c1-2-33-23-12-16(8-10-22(23)34-15-17-7-9-20(28)21(29)11-17)13-24-25(31)30(26(32)35-24)14-18-5-3-4-6-19(18)27/h3-13H,2,14-15H2,1H3/b24-13+. The van der Waals surface area contributed by atoms with E-state index in [0.717, 1.165) is 32.9 Å². The molecule has 3 aromatic carbocycles. The van der Waals surface area contributed by atoms with Gasteiger partial charge in [0.1, 0.15) is 6.61 Å². The molecule has 1 aliphatic heterocycles. The first-order valence-corrected chi connectivity index (χ1v) is 13.0. The number of nitrogens with zero attached hydrogens (tertiary/aromatic N) is 1. The lowest BCUT2D eigenvalue weighted by Gasteiger charge is -2.14. The Morgan fingerprint density at radius 1 is 0.971 bits per heavy atom. The van der Waals surface area contributed by atoms with Crippen LogP contribution >= 0.6 is 50.9 Å². The van der Waals surface area contributed by atoms with E-state index >= 15 is 0 Å². The highest BCUT2D eigenvalue weighted by atomic mass is 79.9. The molecule has 0 saturated carbocycles. The first-order chi connectivity index (χ1) is 16.9. The summed E-state index contributed by atoms with van der Waals surface area (Å²) in [5, 5.41) is 0.640. The van der Waals surface area contributed by atoms with Gasteiger partial charge in [-0.05, 0) is 71.8 Å². The number of ether oxygens (including phenoxy) is 2. The van der Waals surface area contributed by atoms with Crippen molar-refractivity contribution < 1.29 is 19.1 Å². The number of imide groups is 1. The SMILES string of the molecule is CCOc1cc(/C=C2/SC(=O)N(Cc3ccccc3Br)C2=O)ccc1OCc1ccc(Cl)c(Cl)c1. The molecular formula is C26H20BrCl2NO4S. The van der Waals surface area contributed by atoms with E-state index in [-0.39, 0.29) is 24.3 Å². The Labute approximate surface area is 226 Å². The molecule has 3 aromatic rings. The summed E-state index contributed by atoms with van der Waals surface area (Å²) in [5.41, 5.74) is 2.45. The van der Waals surface area contributed by atoms with Crippen molar-refractivity contribution >= 4 is 68.1 Å². The first-order valence-electron chi connectivity index (χ1n) is 10.7. The van der Waals surface area contributed by atoms with Gasteiger partial charge in [0.25, 0.3) is 11.1 Å². The molecule has 9 heteroatoms. The number of halogens is 3. The van der Waals surface area contributed by atoms with Gasteiger partial charge in [-0.1, -0.05) is 69.5 Å². The predicted octanol–water partition coefficient (Wildman–Crippen LogP) is 7.97. The number of hydrogen-bond donors (Lipinski definition) is 0. The topological polar surface area (TPSA) is 55.8 Å². The Morgan fingerprint density at radius 2 is 1.77 bits per heavy atom. The molecule has 1 heterocycles. The minimum absolute atomic E-state index is 0.203. The van der Waals surface area contributed by atoms with Crippen LogP contribution in [0.4, 0.5) is 4.79 Å². The summed E-state index contributed by atoms with van der Waals surface area (Å²) in [6.07, 6.45) is 1.69. The van der Waals surface area contributed by atoms with Crippen molar-refractivity contribution in [2.45, 2.75) is 20.1 Å². The van der Waals surface area contributed by atoms with Crippen molar-refractivity contribution in [3.63, 3.8) is 0 Å². The second-order valence-electron chi connectivity index (χ2n) is 7.54. The normalized spacial score (nSPS) is 14.6. The lowest BCUT2D eigenvalue weighted by atomic mass is 10.1. The Hall–Kier alpha value is -2.45. The smallest absolute Gasteiger partial charge is 0.293 e. The third kappa shape index (κ3) is 6.22. The Bertz CT molecular complexity index is 1310. The van der Waals surface area contributed by atoms with Crippen LogP contribution in [-0.2, 0) is 17.9 Å². The van der Waals surface area contributed by atoms with Gasteiger partial charge in [0, 0.05) is 4.47 Å². The molecule has 1 saturated heterocycles. The lowest BCUT2D eigenvalue weighted by molar-refractivity contribution is -0.123. The van der Waals surface area contributed by atoms with Crippen LogP contribution in [0, 0.1) is 0 Å². The minimum Gasteiger partial charge on any atom is -0.490 e. The average Bonchev–Trinajstić information content (AvgIpc) is 3.09. The molecule has 0 bridgehead atoms. The van der Waals surface area contributed by atoms with E-state index in [0.29, 0.717) is 33.1 Å². The van der Waals surface area contributed by atoms with Gasteiger partial charge in [0.15, 0.2) is 11.5 Å². The molecule has 0 unspecified atom stereocenters. The average molecular weight is 593 g/mol. The number of amides is 2. The lowest BCUT2D eigenvalue weighted by Crippen LogP contribution is -2.27. The third-order valence-corrected chi connectivity index (χ3v) is 7.52. The van der Waals surface area contributed by atoms with Crippen LogP contribution in [0.1, 0.15) is 23.6 Å². The zero-order chi connectivity index (χ0) is 24.9. The maximum atomic E-state index is 12.9. The van der Waals surface area contributed by atoms with Crippen LogP contribution in [0.5, 0.6) is 11.5 Å². The monoisotopic (exact) mass is 591 g/mol. The fourth-order valence-electron chi connectivity index (χ4n) is 3.38. The van der Waals surface area contributed by atoms with Gasteiger partial charge in [0.05, 0.1) is 28.1 Å². The molecule has 35 heavy (non-hydrogen) atoms. The molecule has 0 atom stereocenters. The number of rotatable bonds is 8. The van der Waals surface area contributed by atoms with Crippen LogP contribution in [0.15, 0.2) is 70.0 Å². The van der Waals surface area contributed by atoms with Crippen molar-refractivity contribution in [3.05, 3.63) is 96.8 Å². The Morgan fingerprint density at radius 3 is 2.51 bits per heavy atom. The highest BCUT2D eigenvalue weighted by Crippen LogP contribution is 2.36. The van der Waals surface area contributed by atoms with Gasteiger partial charge in [-0.25, -0.2) is 0 Å². The molecule has 4 rings (SSSR count). The summed E-state index contributed by atoms with van der Waals surface area (Å²) in [7, 11) is 0. The second kappa shape index (κ2) is 11.5. The van der Waals surface area contributed by atoms with Crippen LogP contribution in [0.3, 0.4) is 0 Å². The Balaban J connectivity index is 1.51. The molecule has 0 aromatic heterocycles. The number of hydrogen-bond acceptors (Lipinski definition) is 5. The first kappa shape index (κ1) is 25.6. The van der Waals surface area contributed by atoms with Crippen LogP contribution in [0.25, 0.3) is 6.08 Å². The molecule has 180 valence electrons. The molecular weight excluding hydrogens is 573 g/mol. The molecule has 1 aliphatic rings. The quantitative estimate of drug-likeness (QED) is 0.248. The maximum Gasteiger partial charge on any atom is 0.293 e. The van der Waals surface area contributed by atoms with Gasteiger partial charge in [-0.2, -0.15) is 0 Å². The predicted molar refractivity (Wildman–Crippen MR) is 144 cm³/mol. The summed E-state index contributed by atoms with van der Waals surface area (Å²) in [5.74, 6) is 0.763. The fourth-order valence-corrected chi connectivity index (χ4v) is 4.95. The molecule has 1 fully saturated rings. The Kier molecular flexibility index (Phi) is 8.44. The maximum absolute atomic E-state index is 12.9. The van der Waals surface area contributed by atoms with Gasteiger partial charge in [-0.15, -0.1) is 0 Å². The van der Waals surface area contributed by atoms with Gasteiger partial charge < -0.3 is 9.47 Å². The van der Waals surface area contributed by atoms with Crippen LogP contribution < -0.4 is 9.47 Å². The van der Waals surface area contributed by atoms with Gasteiger partial charge in [0.2, 0.25) is 0 Å². The van der Waals surface area contributed by atoms with E-state index in [9.17, 15) is 9.59 Å². The van der Waals surface area contributed by atoms with E-state index in [1.54, 1.807) is 30.3 Å². The highest BCUT2D eigenvalue weighted by molar-refractivity contribution is 9.10. The van der Waals surface area contributed by atoms with Crippen molar-refractivity contribution in [3.8, 4) is 11.5 Å². The second-order valence-corrected chi connectivity index (χ2v) is 10.2. The van der Waals surface area contributed by atoms with E-state index in [4.69, 9.17) is 32.7 Å². The molecule has 5 nitrogen and oxygen atoms in total. The molecule has 0 spiro atoms. The summed E-state index contributed by atoms with van der Waals surface area (Å²) in [4.78, 5) is 27.1. The molecule has 0 N–H and O–H groups in total.